The van der Waals surface area contributed by atoms with Gasteiger partial charge in [-0.15, -0.1) is 5.10 Å². The molecule has 5 heteroatoms. The summed E-state index contributed by atoms with van der Waals surface area (Å²) in [6, 6.07) is 7.98. The molecule has 2 aromatic rings. The molecule has 1 heterocycles. The van der Waals surface area contributed by atoms with E-state index >= 15 is 0 Å². The van der Waals surface area contributed by atoms with E-state index in [1.807, 2.05) is 50.2 Å². The summed E-state index contributed by atoms with van der Waals surface area (Å²) in [4.78, 5) is 5.98. The normalized spacial score (nSPS) is 10.4. The first-order valence-electron chi connectivity index (χ1n) is 5.05. The maximum atomic E-state index is 5.81. The molecule has 84 valence electrons. The number of anilines is 2. The van der Waals surface area contributed by atoms with Gasteiger partial charge in [0.2, 0.25) is 11.9 Å². The zero-order chi connectivity index (χ0) is 11.7. The maximum Gasteiger partial charge on any atom is 0.246 e. The number of hydrogen-bond acceptors (Lipinski definition) is 4. The number of rotatable bonds is 2. The summed E-state index contributed by atoms with van der Waals surface area (Å²) in [5, 5.41) is 4.32. The third-order valence-electron chi connectivity index (χ3n) is 2.30. The van der Waals surface area contributed by atoms with Gasteiger partial charge in [-0.3, -0.25) is 0 Å². The van der Waals surface area contributed by atoms with E-state index in [0.717, 1.165) is 5.69 Å². The zero-order valence-corrected chi connectivity index (χ0v) is 9.68. The van der Waals surface area contributed by atoms with Crippen molar-refractivity contribution < 1.29 is 0 Å². The summed E-state index contributed by atoms with van der Waals surface area (Å²) >= 11 is 0. The van der Waals surface area contributed by atoms with Crippen molar-refractivity contribution in [3.8, 4) is 5.69 Å². The Morgan fingerprint density at radius 1 is 1.19 bits per heavy atom. The molecule has 0 unspecified atom stereocenters. The summed E-state index contributed by atoms with van der Waals surface area (Å²) in [7, 11) is 3.77. The lowest BCUT2D eigenvalue weighted by Crippen LogP contribution is -2.10. The molecule has 0 saturated heterocycles. The first kappa shape index (κ1) is 10.5. The highest BCUT2D eigenvalue weighted by atomic mass is 15.4. The van der Waals surface area contributed by atoms with Gasteiger partial charge in [0.25, 0.3) is 0 Å². The maximum absolute atomic E-state index is 5.81. The minimum absolute atomic E-state index is 0.396. The Hall–Kier alpha value is -2.04. The fourth-order valence-electron chi connectivity index (χ4n) is 1.38. The number of benzene rings is 1. The fourth-order valence-corrected chi connectivity index (χ4v) is 1.38. The smallest absolute Gasteiger partial charge is 0.246 e. The van der Waals surface area contributed by atoms with E-state index in [2.05, 4.69) is 10.1 Å². The van der Waals surface area contributed by atoms with Crippen LogP contribution in [0.15, 0.2) is 24.3 Å². The quantitative estimate of drug-likeness (QED) is 0.821. The number of nitrogens with two attached hydrogens (primary N) is 1. The molecule has 0 amide bonds. The van der Waals surface area contributed by atoms with Gasteiger partial charge in [0.1, 0.15) is 0 Å². The summed E-state index contributed by atoms with van der Waals surface area (Å²) in [6.07, 6.45) is 0. The third kappa shape index (κ3) is 1.84. The van der Waals surface area contributed by atoms with E-state index < -0.39 is 0 Å². The molecule has 1 aromatic heterocycles. The number of nitrogen functional groups attached to an aromatic ring is 1. The van der Waals surface area contributed by atoms with Crippen LogP contribution >= 0.6 is 0 Å². The standard InChI is InChI=1S/C11H15N5/c1-8-4-6-9(7-5-8)16-10(12)13-11(14-16)15(2)3/h4-7H,1-3H3,(H2,12,13,14). The Morgan fingerprint density at radius 3 is 2.31 bits per heavy atom. The van der Waals surface area contributed by atoms with E-state index in [1.54, 1.807) is 4.68 Å². The van der Waals surface area contributed by atoms with E-state index in [-0.39, 0.29) is 0 Å². The van der Waals surface area contributed by atoms with Crippen molar-refractivity contribution in [1.29, 1.82) is 0 Å². The van der Waals surface area contributed by atoms with Crippen molar-refractivity contribution in [2.45, 2.75) is 6.92 Å². The highest BCUT2D eigenvalue weighted by Gasteiger charge is 2.09. The summed E-state index contributed by atoms with van der Waals surface area (Å²) in [6.45, 7) is 2.04. The number of aryl methyl sites for hydroxylation is 1. The minimum atomic E-state index is 0.396. The van der Waals surface area contributed by atoms with Gasteiger partial charge >= 0.3 is 0 Å². The molecule has 0 bridgehead atoms. The summed E-state index contributed by atoms with van der Waals surface area (Å²) in [5.41, 5.74) is 7.94. The molecular weight excluding hydrogens is 202 g/mol. The van der Waals surface area contributed by atoms with Crippen molar-refractivity contribution in [2.24, 2.45) is 0 Å². The Labute approximate surface area is 94.5 Å². The third-order valence-corrected chi connectivity index (χ3v) is 2.30. The lowest BCUT2D eigenvalue weighted by atomic mass is 10.2. The molecule has 0 spiro atoms. The summed E-state index contributed by atoms with van der Waals surface area (Å²) < 4.78 is 1.63. The van der Waals surface area contributed by atoms with Gasteiger partial charge < -0.3 is 10.6 Å². The van der Waals surface area contributed by atoms with E-state index in [4.69, 9.17) is 5.73 Å². The van der Waals surface area contributed by atoms with Gasteiger partial charge in [-0.2, -0.15) is 9.67 Å². The molecule has 0 aliphatic rings. The average molecular weight is 217 g/mol. The van der Waals surface area contributed by atoms with Gasteiger partial charge in [0.15, 0.2) is 0 Å². The van der Waals surface area contributed by atoms with Crippen LogP contribution in [0.4, 0.5) is 11.9 Å². The predicted octanol–water partition coefficient (Wildman–Crippen LogP) is 1.22. The van der Waals surface area contributed by atoms with Crippen LogP contribution < -0.4 is 10.6 Å². The molecule has 2 rings (SSSR count). The SMILES string of the molecule is Cc1ccc(-n2nc(N(C)C)nc2N)cc1. The molecule has 0 atom stereocenters. The molecular formula is C11H15N5. The highest BCUT2D eigenvalue weighted by Crippen LogP contribution is 2.15. The Balaban J connectivity index is 2.44. The van der Waals surface area contributed by atoms with Crippen molar-refractivity contribution in [1.82, 2.24) is 14.8 Å². The molecule has 16 heavy (non-hydrogen) atoms. The Morgan fingerprint density at radius 2 is 1.81 bits per heavy atom. The van der Waals surface area contributed by atoms with Gasteiger partial charge in [0, 0.05) is 14.1 Å². The van der Waals surface area contributed by atoms with Crippen molar-refractivity contribution in [3.05, 3.63) is 29.8 Å². The van der Waals surface area contributed by atoms with Crippen LogP contribution in [0.25, 0.3) is 5.69 Å². The van der Waals surface area contributed by atoms with Crippen LogP contribution in [-0.2, 0) is 0 Å². The van der Waals surface area contributed by atoms with Crippen LogP contribution in [0.1, 0.15) is 5.56 Å². The predicted molar refractivity (Wildman–Crippen MR) is 64.8 cm³/mol. The second-order valence-electron chi connectivity index (χ2n) is 3.91. The second kappa shape index (κ2) is 3.84. The van der Waals surface area contributed by atoms with E-state index in [9.17, 15) is 0 Å². The average Bonchev–Trinajstić information content (AvgIpc) is 2.62. The lowest BCUT2D eigenvalue weighted by molar-refractivity contribution is 0.874. The second-order valence-corrected chi connectivity index (χ2v) is 3.91. The Kier molecular flexibility index (Phi) is 2.52. The molecule has 0 radical (unpaired) electrons. The van der Waals surface area contributed by atoms with Gasteiger partial charge in [-0.05, 0) is 19.1 Å². The molecule has 0 aliphatic heterocycles. The van der Waals surface area contributed by atoms with E-state index in [0.29, 0.717) is 11.9 Å². The van der Waals surface area contributed by atoms with Crippen molar-refractivity contribution in [3.63, 3.8) is 0 Å². The van der Waals surface area contributed by atoms with Crippen LogP contribution in [0.5, 0.6) is 0 Å². The number of aromatic nitrogens is 3. The molecule has 0 aliphatic carbocycles. The van der Waals surface area contributed by atoms with Crippen LogP contribution in [0.3, 0.4) is 0 Å². The van der Waals surface area contributed by atoms with Crippen molar-refractivity contribution >= 4 is 11.9 Å². The minimum Gasteiger partial charge on any atom is -0.368 e. The molecule has 2 N–H and O–H groups in total. The topological polar surface area (TPSA) is 60.0 Å². The Bertz CT molecular complexity index is 484. The van der Waals surface area contributed by atoms with Crippen molar-refractivity contribution in [2.75, 3.05) is 24.7 Å². The summed E-state index contributed by atoms with van der Waals surface area (Å²) in [5.74, 6) is 1.01. The zero-order valence-electron chi connectivity index (χ0n) is 9.68. The van der Waals surface area contributed by atoms with E-state index in [1.165, 1.54) is 5.56 Å². The molecule has 5 nitrogen and oxygen atoms in total. The lowest BCUT2D eigenvalue weighted by Gasteiger charge is -2.04. The molecule has 0 saturated carbocycles. The molecule has 0 fully saturated rings. The van der Waals surface area contributed by atoms with Crippen LogP contribution in [0, 0.1) is 6.92 Å². The highest BCUT2D eigenvalue weighted by molar-refractivity contribution is 5.43. The first-order valence-corrected chi connectivity index (χ1v) is 5.05. The number of nitrogens with zero attached hydrogens (tertiary/aromatic N) is 4. The van der Waals surface area contributed by atoms with Crippen LogP contribution in [-0.4, -0.2) is 28.9 Å². The van der Waals surface area contributed by atoms with Gasteiger partial charge in [0.05, 0.1) is 5.69 Å². The monoisotopic (exact) mass is 217 g/mol. The molecule has 1 aromatic carbocycles. The van der Waals surface area contributed by atoms with Crippen LogP contribution in [0.2, 0.25) is 0 Å². The number of hydrogen-bond donors (Lipinski definition) is 1. The fraction of sp³-hybridized carbons (Fsp3) is 0.273. The first-order chi connectivity index (χ1) is 7.58. The van der Waals surface area contributed by atoms with Gasteiger partial charge in [-0.1, -0.05) is 17.7 Å². The van der Waals surface area contributed by atoms with Gasteiger partial charge in [-0.25, -0.2) is 0 Å². The largest absolute Gasteiger partial charge is 0.368 e.